The Balaban J connectivity index is 1.89. The normalized spacial score (nSPS) is 13.9. The van der Waals surface area contributed by atoms with E-state index >= 15 is 0 Å². The van der Waals surface area contributed by atoms with E-state index in [4.69, 9.17) is 27.3 Å². The molecule has 0 aliphatic heterocycles. The lowest BCUT2D eigenvalue weighted by Gasteiger charge is -2.27. The molecule has 2 N–H and O–H groups in total. The second-order valence-electron chi connectivity index (χ2n) is 7.77. The van der Waals surface area contributed by atoms with Crippen LogP contribution in [0.25, 0.3) is 23.1 Å². The van der Waals surface area contributed by atoms with Crippen LogP contribution in [0, 0.1) is 0 Å². The third-order valence-corrected chi connectivity index (χ3v) is 6.45. The predicted molar refractivity (Wildman–Crippen MR) is 136 cm³/mol. The summed E-state index contributed by atoms with van der Waals surface area (Å²) in [5, 5.41) is 1.62. The van der Waals surface area contributed by atoms with E-state index in [-0.39, 0.29) is 6.04 Å². The largest absolute Gasteiger partial charge is 0.323 e. The first kappa shape index (κ1) is 23.9. The molecule has 6 heteroatoms. The highest BCUT2D eigenvalue weighted by atomic mass is 79.9. The van der Waals surface area contributed by atoms with Crippen LogP contribution >= 0.6 is 27.5 Å². The van der Waals surface area contributed by atoms with Gasteiger partial charge in [-0.3, -0.25) is 0 Å². The summed E-state index contributed by atoms with van der Waals surface area (Å²) in [6.07, 6.45) is 5.82. The zero-order chi connectivity index (χ0) is 22.4. The third-order valence-electron chi connectivity index (χ3n) is 5.68. The summed E-state index contributed by atoms with van der Waals surface area (Å²) in [6.45, 7) is 8.76. The number of nitrogens with zero attached hydrogens (tertiary/aromatic N) is 3. The number of rotatable bonds is 9. The monoisotopic (exact) mass is 500 g/mol. The van der Waals surface area contributed by atoms with Crippen molar-refractivity contribution in [2.24, 2.45) is 5.73 Å². The Kier molecular flexibility index (Phi) is 8.61. The van der Waals surface area contributed by atoms with Crippen LogP contribution in [0.1, 0.15) is 56.7 Å². The van der Waals surface area contributed by atoms with Gasteiger partial charge in [-0.15, -0.1) is 0 Å². The van der Waals surface area contributed by atoms with Crippen molar-refractivity contribution >= 4 is 50.6 Å². The summed E-state index contributed by atoms with van der Waals surface area (Å²) in [6, 6.07) is 14.2. The van der Waals surface area contributed by atoms with Gasteiger partial charge in [-0.25, -0.2) is 9.97 Å². The summed E-state index contributed by atoms with van der Waals surface area (Å²) in [4.78, 5) is 12.0. The Labute approximate surface area is 198 Å². The molecule has 1 heterocycles. The van der Waals surface area contributed by atoms with Crippen molar-refractivity contribution in [3.8, 4) is 0 Å². The molecule has 0 amide bonds. The van der Waals surface area contributed by atoms with E-state index in [0.717, 1.165) is 52.6 Å². The molecule has 164 valence electrons. The Hall–Kier alpha value is -1.79. The summed E-state index contributed by atoms with van der Waals surface area (Å²) in [5.41, 5.74) is 9.43. The molecule has 0 saturated heterocycles. The summed E-state index contributed by atoms with van der Waals surface area (Å²) < 4.78 is 1.05. The minimum atomic E-state index is -0.162. The SMILES string of the molecule is CCN(CC)C(C)CCC(N)c1nc(C=Cc2ccc(Br)cc2)nc2cc(Cl)ccc12. The van der Waals surface area contributed by atoms with E-state index in [1.165, 1.54) is 0 Å². The van der Waals surface area contributed by atoms with Crippen molar-refractivity contribution in [3.05, 3.63) is 69.0 Å². The summed E-state index contributed by atoms with van der Waals surface area (Å²) >= 11 is 9.71. The minimum absolute atomic E-state index is 0.162. The van der Waals surface area contributed by atoms with E-state index in [0.29, 0.717) is 16.9 Å². The van der Waals surface area contributed by atoms with E-state index in [1.54, 1.807) is 0 Å². The highest BCUT2D eigenvalue weighted by Crippen LogP contribution is 2.27. The number of halogens is 2. The van der Waals surface area contributed by atoms with Gasteiger partial charge >= 0.3 is 0 Å². The second kappa shape index (κ2) is 11.2. The standard InChI is InChI=1S/C25H30BrClN4/c1-4-31(5-2)17(3)6-14-22(28)25-21-13-12-20(27)16-23(21)29-24(30-25)15-9-18-7-10-19(26)11-8-18/h7-13,15-17,22H,4-6,14,28H2,1-3H3. The van der Waals surface area contributed by atoms with E-state index < -0.39 is 0 Å². The number of hydrogen-bond donors (Lipinski definition) is 1. The van der Waals surface area contributed by atoms with Gasteiger partial charge < -0.3 is 10.6 Å². The molecule has 1 aromatic heterocycles. The molecule has 2 aromatic carbocycles. The minimum Gasteiger partial charge on any atom is -0.323 e. The summed E-state index contributed by atoms with van der Waals surface area (Å²) in [7, 11) is 0. The average Bonchev–Trinajstić information content (AvgIpc) is 2.77. The maximum atomic E-state index is 6.65. The van der Waals surface area contributed by atoms with Crippen molar-refractivity contribution in [2.75, 3.05) is 13.1 Å². The Morgan fingerprint density at radius 1 is 1.03 bits per heavy atom. The van der Waals surface area contributed by atoms with Crippen molar-refractivity contribution in [3.63, 3.8) is 0 Å². The number of fused-ring (bicyclic) bond motifs is 1. The van der Waals surface area contributed by atoms with Crippen molar-refractivity contribution in [1.82, 2.24) is 14.9 Å². The smallest absolute Gasteiger partial charge is 0.152 e. The fourth-order valence-corrected chi connectivity index (χ4v) is 4.27. The Morgan fingerprint density at radius 2 is 1.74 bits per heavy atom. The number of hydrogen-bond acceptors (Lipinski definition) is 4. The van der Waals surface area contributed by atoms with Crippen molar-refractivity contribution in [1.29, 1.82) is 0 Å². The molecular weight excluding hydrogens is 472 g/mol. The van der Waals surface area contributed by atoms with Crippen LogP contribution in [0.2, 0.25) is 5.02 Å². The lowest BCUT2D eigenvalue weighted by Crippen LogP contribution is -2.33. The highest BCUT2D eigenvalue weighted by Gasteiger charge is 2.17. The lowest BCUT2D eigenvalue weighted by molar-refractivity contribution is 0.215. The lowest BCUT2D eigenvalue weighted by atomic mass is 10.0. The molecule has 4 nitrogen and oxygen atoms in total. The second-order valence-corrected chi connectivity index (χ2v) is 9.12. The molecule has 31 heavy (non-hydrogen) atoms. The van der Waals surface area contributed by atoms with Crippen LogP contribution in [-0.2, 0) is 0 Å². The molecule has 0 bridgehead atoms. The molecule has 0 radical (unpaired) electrons. The maximum Gasteiger partial charge on any atom is 0.152 e. The topological polar surface area (TPSA) is 55.0 Å². The molecule has 2 unspecified atom stereocenters. The van der Waals surface area contributed by atoms with E-state index in [9.17, 15) is 0 Å². The van der Waals surface area contributed by atoms with Gasteiger partial charge in [0.1, 0.15) is 0 Å². The number of benzene rings is 2. The molecule has 0 fully saturated rings. The molecule has 3 rings (SSSR count). The first-order chi connectivity index (χ1) is 14.9. The zero-order valence-corrected chi connectivity index (χ0v) is 20.7. The van der Waals surface area contributed by atoms with Crippen LogP contribution in [-0.4, -0.2) is 34.0 Å². The fourth-order valence-electron chi connectivity index (χ4n) is 3.83. The van der Waals surface area contributed by atoms with Crippen LogP contribution in [0.3, 0.4) is 0 Å². The molecule has 0 saturated carbocycles. The quantitative estimate of drug-likeness (QED) is 0.353. The van der Waals surface area contributed by atoms with Crippen LogP contribution in [0.4, 0.5) is 0 Å². The number of nitrogens with two attached hydrogens (primary N) is 1. The number of aromatic nitrogens is 2. The van der Waals surface area contributed by atoms with Crippen molar-refractivity contribution < 1.29 is 0 Å². The van der Waals surface area contributed by atoms with E-state index in [2.05, 4.69) is 41.6 Å². The summed E-state index contributed by atoms with van der Waals surface area (Å²) in [5.74, 6) is 0.639. The van der Waals surface area contributed by atoms with Crippen molar-refractivity contribution in [2.45, 2.75) is 45.7 Å². The average molecular weight is 502 g/mol. The Morgan fingerprint density at radius 3 is 2.42 bits per heavy atom. The maximum absolute atomic E-state index is 6.65. The molecule has 3 aromatic rings. The van der Waals surface area contributed by atoms with Gasteiger partial charge in [0.2, 0.25) is 0 Å². The van der Waals surface area contributed by atoms with Crippen LogP contribution in [0.15, 0.2) is 46.9 Å². The van der Waals surface area contributed by atoms with Gasteiger partial charge in [-0.05, 0) is 74.8 Å². The van der Waals surface area contributed by atoms with Gasteiger partial charge in [0, 0.05) is 27.0 Å². The molecule has 0 aliphatic carbocycles. The van der Waals surface area contributed by atoms with Gasteiger partial charge in [0.25, 0.3) is 0 Å². The van der Waals surface area contributed by atoms with Crippen LogP contribution in [0.5, 0.6) is 0 Å². The van der Waals surface area contributed by atoms with Gasteiger partial charge in [-0.2, -0.15) is 0 Å². The van der Waals surface area contributed by atoms with Crippen LogP contribution < -0.4 is 5.73 Å². The molecule has 0 spiro atoms. The van der Waals surface area contributed by atoms with E-state index in [1.807, 2.05) is 54.6 Å². The third kappa shape index (κ3) is 6.36. The van der Waals surface area contributed by atoms with Gasteiger partial charge in [-0.1, -0.05) is 59.6 Å². The zero-order valence-electron chi connectivity index (χ0n) is 18.4. The first-order valence-corrected chi connectivity index (χ1v) is 12.0. The highest BCUT2D eigenvalue weighted by molar-refractivity contribution is 9.10. The molecular formula is C25H30BrClN4. The van der Waals surface area contributed by atoms with Gasteiger partial charge in [0.05, 0.1) is 11.2 Å². The predicted octanol–water partition coefficient (Wildman–Crippen LogP) is 6.73. The molecule has 2 atom stereocenters. The molecule has 0 aliphatic rings. The Bertz CT molecular complexity index is 1030. The van der Waals surface area contributed by atoms with Gasteiger partial charge in [0.15, 0.2) is 5.82 Å². The fraction of sp³-hybridized carbons (Fsp3) is 0.360. The first-order valence-electron chi connectivity index (χ1n) is 10.8.